The van der Waals surface area contributed by atoms with E-state index in [9.17, 15) is 9.18 Å². The Balaban J connectivity index is 1.40. The number of nitrogens with zero attached hydrogens (tertiary/aromatic N) is 2. The Labute approximate surface area is 124 Å². The molecule has 1 aliphatic heterocycles. The topological polar surface area (TPSA) is 35.6 Å². The first-order valence-corrected chi connectivity index (χ1v) is 7.67. The Morgan fingerprint density at radius 1 is 1.10 bits per heavy atom. The van der Waals surface area contributed by atoms with Crippen molar-refractivity contribution < 1.29 is 9.18 Å². The number of carbonyl (C=O) groups is 1. The van der Waals surface area contributed by atoms with Crippen LogP contribution in [0, 0.1) is 5.82 Å². The van der Waals surface area contributed by atoms with Gasteiger partial charge in [-0.1, -0.05) is 12.1 Å². The minimum absolute atomic E-state index is 0.157. The highest BCUT2D eigenvalue weighted by atomic mass is 19.1. The molecule has 5 heteroatoms. The fraction of sp³-hybridized carbons (Fsp3) is 0.562. The molecule has 3 rings (SSSR count). The Hall–Kier alpha value is -1.46. The van der Waals surface area contributed by atoms with Crippen LogP contribution in [0.4, 0.5) is 4.39 Å². The summed E-state index contributed by atoms with van der Waals surface area (Å²) in [4.78, 5) is 16.3. The molecule has 2 aliphatic rings. The van der Waals surface area contributed by atoms with Crippen molar-refractivity contribution in [3.63, 3.8) is 0 Å². The maximum Gasteiger partial charge on any atom is 0.234 e. The van der Waals surface area contributed by atoms with Gasteiger partial charge in [-0.05, 0) is 30.5 Å². The minimum atomic E-state index is -0.190. The normalized spacial score (nSPS) is 20.4. The van der Waals surface area contributed by atoms with E-state index >= 15 is 0 Å². The van der Waals surface area contributed by atoms with Crippen LogP contribution >= 0.6 is 0 Å². The molecule has 1 N–H and O–H groups in total. The lowest BCUT2D eigenvalue weighted by atomic mass is 10.2. The molecule has 1 heterocycles. The van der Waals surface area contributed by atoms with Crippen LogP contribution in [-0.2, 0) is 11.3 Å². The van der Waals surface area contributed by atoms with E-state index in [4.69, 9.17) is 0 Å². The van der Waals surface area contributed by atoms with Crippen LogP contribution in [0.5, 0.6) is 0 Å². The van der Waals surface area contributed by atoms with Crippen LogP contribution in [-0.4, -0.2) is 54.5 Å². The molecule has 1 aromatic rings. The van der Waals surface area contributed by atoms with Crippen LogP contribution in [0.15, 0.2) is 24.3 Å². The van der Waals surface area contributed by atoms with Gasteiger partial charge in [-0.3, -0.25) is 14.6 Å². The highest BCUT2D eigenvalue weighted by Gasteiger charge is 2.25. The second kappa shape index (κ2) is 6.54. The van der Waals surface area contributed by atoms with Crippen molar-refractivity contribution in [3.05, 3.63) is 35.6 Å². The second-order valence-electron chi connectivity index (χ2n) is 6.02. The van der Waals surface area contributed by atoms with Crippen molar-refractivity contribution >= 4 is 5.91 Å². The quantitative estimate of drug-likeness (QED) is 0.886. The highest BCUT2D eigenvalue weighted by molar-refractivity contribution is 5.78. The molecule has 114 valence electrons. The SMILES string of the molecule is O=C(CN1CCN(Cc2ccc(F)cc2)CC1)NC1CC1. The molecule has 0 radical (unpaired) electrons. The molecule has 21 heavy (non-hydrogen) atoms. The maximum absolute atomic E-state index is 12.9. The van der Waals surface area contributed by atoms with Crippen molar-refractivity contribution in [1.82, 2.24) is 15.1 Å². The summed E-state index contributed by atoms with van der Waals surface area (Å²) in [5.74, 6) is -0.0327. The number of benzene rings is 1. The Morgan fingerprint density at radius 3 is 2.33 bits per heavy atom. The van der Waals surface area contributed by atoms with Crippen molar-refractivity contribution in [1.29, 1.82) is 0 Å². The van der Waals surface area contributed by atoms with Gasteiger partial charge in [0.2, 0.25) is 5.91 Å². The lowest BCUT2D eigenvalue weighted by molar-refractivity contribution is -0.122. The third-order valence-electron chi connectivity index (χ3n) is 4.09. The van der Waals surface area contributed by atoms with Crippen LogP contribution in [0.1, 0.15) is 18.4 Å². The molecular weight excluding hydrogens is 269 g/mol. The van der Waals surface area contributed by atoms with Crippen LogP contribution in [0.3, 0.4) is 0 Å². The van der Waals surface area contributed by atoms with E-state index in [1.165, 1.54) is 12.1 Å². The first-order valence-electron chi connectivity index (χ1n) is 7.67. The average molecular weight is 291 g/mol. The molecule has 0 spiro atoms. The summed E-state index contributed by atoms with van der Waals surface area (Å²) in [5, 5.41) is 3.03. The predicted octanol–water partition coefficient (Wildman–Crippen LogP) is 1.22. The number of piperazine rings is 1. The van der Waals surface area contributed by atoms with Crippen molar-refractivity contribution in [2.24, 2.45) is 0 Å². The zero-order chi connectivity index (χ0) is 14.7. The number of carbonyl (C=O) groups excluding carboxylic acids is 1. The molecule has 0 aromatic heterocycles. The van der Waals surface area contributed by atoms with E-state index < -0.39 is 0 Å². The summed E-state index contributed by atoms with van der Waals surface area (Å²) in [6.45, 7) is 5.10. The molecule has 1 saturated carbocycles. The van der Waals surface area contributed by atoms with Gasteiger partial charge in [-0.2, -0.15) is 0 Å². The van der Waals surface area contributed by atoms with E-state index in [-0.39, 0.29) is 11.7 Å². The zero-order valence-electron chi connectivity index (χ0n) is 12.2. The first kappa shape index (κ1) is 14.5. The summed E-state index contributed by atoms with van der Waals surface area (Å²) in [6.07, 6.45) is 2.27. The summed E-state index contributed by atoms with van der Waals surface area (Å²) < 4.78 is 12.9. The van der Waals surface area contributed by atoms with Gasteiger partial charge in [-0.25, -0.2) is 4.39 Å². The summed E-state index contributed by atoms with van der Waals surface area (Å²) >= 11 is 0. The number of halogens is 1. The fourth-order valence-corrected chi connectivity index (χ4v) is 2.66. The standard InChI is InChI=1S/C16H22FN3O/c17-14-3-1-13(2-4-14)11-19-7-9-20(10-8-19)12-16(21)18-15-5-6-15/h1-4,15H,5-12H2,(H,18,21). The Bertz CT molecular complexity index is 479. The average Bonchev–Trinajstić information content (AvgIpc) is 3.27. The smallest absolute Gasteiger partial charge is 0.234 e. The summed E-state index contributed by atoms with van der Waals surface area (Å²) in [7, 11) is 0. The fourth-order valence-electron chi connectivity index (χ4n) is 2.66. The molecule has 1 saturated heterocycles. The van der Waals surface area contributed by atoms with E-state index in [0.29, 0.717) is 12.6 Å². The lowest BCUT2D eigenvalue weighted by Crippen LogP contribution is -2.49. The molecule has 1 amide bonds. The zero-order valence-corrected chi connectivity index (χ0v) is 12.2. The molecular formula is C16H22FN3O. The van der Waals surface area contributed by atoms with Gasteiger partial charge >= 0.3 is 0 Å². The van der Waals surface area contributed by atoms with Crippen LogP contribution in [0.25, 0.3) is 0 Å². The van der Waals surface area contributed by atoms with Gasteiger partial charge in [0.1, 0.15) is 5.82 Å². The van der Waals surface area contributed by atoms with E-state index in [1.807, 2.05) is 12.1 Å². The lowest BCUT2D eigenvalue weighted by Gasteiger charge is -2.34. The third-order valence-corrected chi connectivity index (χ3v) is 4.09. The third kappa shape index (κ3) is 4.51. The van der Waals surface area contributed by atoms with Gasteiger partial charge in [0.15, 0.2) is 0 Å². The van der Waals surface area contributed by atoms with Gasteiger partial charge in [-0.15, -0.1) is 0 Å². The van der Waals surface area contributed by atoms with Crippen LogP contribution < -0.4 is 5.32 Å². The molecule has 2 fully saturated rings. The monoisotopic (exact) mass is 291 g/mol. The second-order valence-corrected chi connectivity index (χ2v) is 6.02. The van der Waals surface area contributed by atoms with Gasteiger partial charge in [0.05, 0.1) is 6.54 Å². The summed E-state index contributed by atoms with van der Waals surface area (Å²) in [5.41, 5.74) is 1.14. The number of nitrogens with one attached hydrogen (secondary N) is 1. The maximum atomic E-state index is 12.9. The molecule has 0 unspecified atom stereocenters. The van der Waals surface area contributed by atoms with E-state index in [2.05, 4.69) is 15.1 Å². The molecule has 1 aromatic carbocycles. The van der Waals surface area contributed by atoms with Gasteiger partial charge < -0.3 is 5.32 Å². The minimum Gasteiger partial charge on any atom is -0.352 e. The van der Waals surface area contributed by atoms with E-state index in [1.54, 1.807) is 0 Å². The Kier molecular flexibility index (Phi) is 4.51. The van der Waals surface area contributed by atoms with Gasteiger partial charge in [0, 0.05) is 38.8 Å². The number of rotatable bonds is 5. The van der Waals surface area contributed by atoms with Crippen molar-refractivity contribution in [2.75, 3.05) is 32.7 Å². The first-order chi connectivity index (χ1) is 10.2. The van der Waals surface area contributed by atoms with E-state index in [0.717, 1.165) is 51.1 Å². The highest BCUT2D eigenvalue weighted by Crippen LogP contribution is 2.18. The Morgan fingerprint density at radius 2 is 1.71 bits per heavy atom. The molecule has 0 bridgehead atoms. The van der Waals surface area contributed by atoms with Crippen molar-refractivity contribution in [3.8, 4) is 0 Å². The van der Waals surface area contributed by atoms with Gasteiger partial charge in [0.25, 0.3) is 0 Å². The molecule has 1 aliphatic carbocycles. The van der Waals surface area contributed by atoms with Crippen molar-refractivity contribution in [2.45, 2.75) is 25.4 Å². The number of amides is 1. The number of hydrogen-bond acceptors (Lipinski definition) is 3. The molecule has 4 nitrogen and oxygen atoms in total. The number of hydrogen-bond donors (Lipinski definition) is 1. The van der Waals surface area contributed by atoms with Crippen LogP contribution in [0.2, 0.25) is 0 Å². The summed E-state index contributed by atoms with van der Waals surface area (Å²) in [6, 6.07) is 7.13. The predicted molar refractivity (Wildman–Crippen MR) is 79.3 cm³/mol. The molecule has 0 atom stereocenters. The largest absolute Gasteiger partial charge is 0.352 e.